The lowest BCUT2D eigenvalue weighted by molar-refractivity contribution is -0.139. The fourth-order valence-corrected chi connectivity index (χ4v) is 7.33. The largest absolute Gasteiger partial charge is 0.462 e. The first-order valence-electron chi connectivity index (χ1n) is 16.7. The molecule has 1 aliphatic carbocycles. The van der Waals surface area contributed by atoms with Crippen LogP contribution in [0, 0.1) is 0 Å². The summed E-state index contributed by atoms with van der Waals surface area (Å²) >= 11 is 0. The van der Waals surface area contributed by atoms with Gasteiger partial charge in [-0.15, -0.1) is 0 Å². The van der Waals surface area contributed by atoms with Crippen LogP contribution in [0.5, 0.6) is 0 Å². The minimum Gasteiger partial charge on any atom is -0.462 e. The Balaban J connectivity index is 1.42. The fourth-order valence-electron chi connectivity index (χ4n) is 7.33. The molecule has 0 N–H and O–H groups in total. The quantitative estimate of drug-likeness (QED) is 0.110. The van der Waals surface area contributed by atoms with E-state index < -0.39 is 17.4 Å². The number of rotatable bonds is 10. The van der Waals surface area contributed by atoms with Crippen molar-refractivity contribution in [3.8, 4) is 33.4 Å². The SMILES string of the molecule is C=C(C)C(=O)OCCC1(CCOC(=O)C(=C)C)c2cc(-c3cccc4ccccc34)ccc2-c2ccc(-c3cccc4ccccc34)cc21. The van der Waals surface area contributed by atoms with Crippen molar-refractivity contribution in [2.45, 2.75) is 32.1 Å². The van der Waals surface area contributed by atoms with Crippen LogP contribution in [0.1, 0.15) is 37.8 Å². The van der Waals surface area contributed by atoms with Gasteiger partial charge in [-0.2, -0.15) is 0 Å². The Morgan fingerprint density at radius 1 is 0.531 bits per heavy atom. The zero-order valence-electron chi connectivity index (χ0n) is 27.9. The zero-order chi connectivity index (χ0) is 34.1. The molecule has 0 saturated heterocycles. The molecule has 6 aromatic carbocycles. The molecule has 0 radical (unpaired) electrons. The van der Waals surface area contributed by atoms with Crippen LogP contribution in [0.15, 0.2) is 146 Å². The third kappa shape index (κ3) is 5.84. The molecule has 49 heavy (non-hydrogen) atoms. The first kappa shape index (κ1) is 31.8. The van der Waals surface area contributed by atoms with Crippen LogP contribution < -0.4 is 0 Å². The molecule has 0 aromatic heterocycles. The van der Waals surface area contributed by atoms with E-state index >= 15 is 0 Å². The Bertz CT molecular complexity index is 2120. The van der Waals surface area contributed by atoms with Crippen LogP contribution in [-0.4, -0.2) is 25.2 Å². The van der Waals surface area contributed by atoms with Crippen molar-refractivity contribution < 1.29 is 19.1 Å². The van der Waals surface area contributed by atoms with Gasteiger partial charge in [0.05, 0.1) is 13.2 Å². The zero-order valence-corrected chi connectivity index (χ0v) is 27.9. The maximum absolute atomic E-state index is 12.6. The van der Waals surface area contributed by atoms with Crippen molar-refractivity contribution >= 4 is 33.5 Å². The summed E-state index contributed by atoms with van der Waals surface area (Å²) in [6.07, 6.45) is 0.989. The van der Waals surface area contributed by atoms with Crippen molar-refractivity contribution in [3.63, 3.8) is 0 Å². The summed E-state index contributed by atoms with van der Waals surface area (Å²) in [4.78, 5) is 25.2. The van der Waals surface area contributed by atoms with Crippen molar-refractivity contribution in [2.75, 3.05) is 13.2 Å². The smallest absolute Gasteiger partial charge is 0.333 e. The molecule has 0 fully saturated rings. The molecule has 6 aromatic rings. The van der Waals surface area contributed by atoms with Crippen molar-refractivity contribution in [1.82, 2.24) is 0 Å². The molecule has 0 atom stereocenters. The second-order valence-electron chi connectivity index (χ2n) is 13.0. The van der Waals surface area contributed by atoms with E-state index in [0.717, 1.165) is 44.5 Å². The van der Waals surface area contributed by atoms with Gasteiger partial charge >= 0.3 is 11.9 Å². The summed E-state index contributed by atoms with van der Waals surface area (Å²) in [5.74, 6) is -0.840. The van der Waals surface area contributed by atoms with Crippen molar-refractivity contribution in [1.29, 1.82) is 0 Å². The standard InChI is InChI=1S/C45H38O4/c1-29(2)43(46)48-25-23-45(24-26-49-44(47)30(3)4)41-27-33(37-17-9-13-31-11-5-7-15-35(31)37)19-21-39(41)40-22-20-34(28-42(40)45)38-18-10-14-32-12-6-8-16-36(32)38/h5-22,27-28H,1,3,23-26H2,2,4H3. The number of fused-ring (bicyclic) bond motifs is 5. The molecule has 0 spiro atoms. The molecule has 4 nitrogen and oxygen atoms in total. The second-order valence-corrected chi connectivity index (χ2v) is 13.0. The van der Waals surface area contributed by atoms with E-state index in [-0.39, 0.29) is 13.2 Å². The van der Waals surface area contributed by atoms with Gasteiger partial charge in [-0.3, -0.25) is 0 Å². The average Bonchev–Trinajstić information content (AvgIpc) is 3.39. The van der Waals surface area contributed by atoms with Gasteiger partial charge < -0.3 is 9.47 Å². The van der Waals surface area contributed by atoms with Gasteiger partial charge in [-0.05, 0) is 105 Å². The summed E-state index contributed by atoms with van der Waals surface area (Å²) in [6, 6.07) is 43.0. The summed E-state index contributed by atoms with van der Waals surface area (Å²) in [5.41, 5.74) is 9.06. The van der Waals surface area contributed by atoms with Gasteiger partial charge in [0.1, 0.15) is 0 Å². The maximum atomic E-state index is 12.6. The van der Waals surface area contributed by atoms with E-state index in [2.05, 4.69) is 134 Å². The van der Waals surface area contributed by atoms with Crippen LogP contribution in [0.4, 0.5) is 0 Å². The molecule has 4 heteroatoms. The number of carbonyl (C=O) groups is 2. The van der Waals surface area contributed by atoms with Gasteiger partial charge in [0.25, 0.3) is 0 Å². The third-order valence-corrected chi connectivity index (χ3v) is 9.78. The summed E-state index contributed by atoms with van der Waals surface area (Å²) in [6.45, 7) is 11.2. The van der Waals surface area contributed by atoms with Gasteiger partial charge in [-0.25, -0.2) is 9.59 Å². The van der Waals surface area contributed by atoms with E-state index in [1.165, 1.54) is 21.5 Å². The lowest BCUT2D eigenvalue weighted by Crippen LogP contribution is -2.30. The normalized spacial score (nSPS) is 12.7. The van der Waals surface area contributed by atoms with Gasteiger partial charge in [0.2, 0.25) is 0 Å². The Kier molecular flexibility index (Phi) is 8.48. The average molecular weight is 643 g/mol. The first-order chi connectivity index (χ1) is 23.8. The summed E-state index contributed by atoms with van der Waals surface area (Å²) < 4.78 is 11.5. The molecule has 0 heterocycles. The third-order valence-electron chi connectivity index (χ3n) is 9.78. The molecule has 0 saturated carbocycles. The second kappa shape index (κ2) is 13.0. The molecule has 0 unspecified atom stereocenters. The number of benzene rings is 6. The number of hydrogen-bond donors (Lipinski definition) is 0. The summed E-state index contributed by atoms with van der Waals surface area (Å²) in [7, 11) is 0. The van der Waals surface area contributed by atoms with Crippen LogP contribution >= 0.6 is 0 Å². The predicted molar refractivity (Wildman–Crippen MR) is 199 cm³/mol. The highest BCUT2D eigenvalue weighted by Gasteiger charge is 2.44. The van der Waals surface area contributed by atoms with Crippen LogP contribution in [0.25, 0.3) is 54.9 Å². The number of hydrogen-bond acceptors (Lipinski definition) is 4. The highest BCUT2D eigenvalue weighted by Crippen LogP contribution is 2.55. The minimum atomic E-state index is -0.628. The van der Waals surface area contributed by atoms with E-state index in [4.69, 9.17) is 9.47 Å². The molecule has 0 bridgehead atoms. The summed E-state index contributed by atoms with van der Waals surface area (Å²) in [5, 5.41) is 4.70. The van der Waals surface area contributed by atoms with Crippen LogP contribution in [-0.2, 0) is 24.5 Å². The topological polar surface area (TPSA) is 52.6 Å². The number of esters is 2. The Morgan fingerprint density at radius 3 is 1.37 bits per heavy atom. The number of ether oxygens (including phenoxy) is 2. The highest BCUT2D eigenvalue weighted by atomic mass is 16.5. The van der Waals surface area contributed by atoms with E-state index in [0.29, 0.717) is 24.0 Å². The monoisotopic (exact) mass is 642 g/mol. The molecule has 0 amide bonds. The molecule has 7 rings (SSSR count). The Labute approximate surface area is 287 Å². The van der Waals surface area contributed by atoms with Gasteiger partial charge in [0, 0.05) is 16.6 Å². The van der Waals surface area contributed by atoms with E-state index in [1.54, 1.807) is 13.8 Å². The Hall–Kier alpha value is -5.74. The molecular formula is C45H38O4. The fraction of sp³-hybridized carbons (Fsp3) is 0.156. The van der Waals surface area contributed by atoms with Crippen LogP contribution in [0.2, 0.25) is 0 Å². The van der Waals surface area contributed by atoms with Crippen molar-refractivity contribution in [3.05, 3.63) is 157 Å². The van der Waals surface area contributed by atoms with Gasteiger partial charge in [0.15, 0.2) is 0 Å². The van der Waals surface area contributed by atoms with Crippen molar-refractivity contribution in [2.24, 2.45) is 0 Å². The highest BCUT2D eigenvalue weighted by molar-refractivity contribution is 5.99. The Morgan fingerprint density at radius 2 is 0.939 bits per heavy atom. The molecule has 1 aliphatic rings. The van der Waals surface area contributed by atoms with E-state index in [9.17, 15) is 9.59 Å². The predicted octanol–water partition coefficient (Wildman–Crippen LogP) is 10.6. The van der Waals surface area contributed by atoms with Gasteiger partial charge in [-0.1, -0.05) is 122 Å². The minimum absolute atomic E-state index is 0.177. The molecule has 0 aliphatic heterocycles. The number of carbonyl (C=O) groups excluding carboxylic acids is 2. The molecule has 242 valence electrons. The maximum Gasteiger partial charge on any atom is 0.333 e. The lowest BCUT2D eigenvalue weighted by atomic mass is 9.72. The molecular weight excluding hydrogens is 604 g/mol. The first-order valence-corrected chi connectivity index (χ1v) is 16.7. The van der Waals surface area contributed by atoms with Crippen LogP contribution in [0.3, 0.4) is 0 Å². The lowest BCUT2D eigenvalue weighted by Gasteiger charge is -2.33. The van der Waals surface area contributed by atoms with E-state index in [1.807, 2.05) is 0 Å².